The van der Waals surface area contributed by atoms with Crippen LogP contribution in [-0.2, 0) is 10.2 Å². The number of amides is 1. The smallest absolute Gasteiger partial charge is 0.235 e. The molecule has 0 bridgehead atoms. The lowest BCUT2D eigenvalue weighted by Gasteiger charge is -2.08. The van der Waals surface area contributed by atoms with Gasteiger partial charge in [-0.25, -0.2) is 0 Å². The largest absolute Gasteiger partial charge is 0.325 e. The number of fused-ring (bicyclic) bond motifs is 3. The van der Waals surface area contributed by atoms with Gasteiger partial charge in [0.15, 0.2) is 0 Å². The Kier molecular flexibility index (Phi) is 4.62. The van der Waals surface area contributed by atoms with Gasteiger partial charge in [-0.05, 0) is 29.7 Å². The highest BCUT2D eigenvalue weighted by Gasteiger charge is 2.65. The Hall–Kier alpha value is -2.62. The quantitative estimate of drug-likeness (QED) is 0.658. The normalized spacial score (nSPS) is 22.4. The number of para-hydroxylation sites is 1. The van der Waals surface area contributed by atoms with Crippen LogP contribution in [0.1, 0.15) is 51.2 Å². The molecule has 2 unspecified atom stereocenters. The predicted octanol–water partition coefficient (Wildman–Crippen LogP) is 4.99. The van der Waals surface area contributed by atoms with Gasteiger partial charge in [0.25, 0.3) is 0 Å². The third-order valence-electron chi connectivity index (χ3n) is 4.89. The number of hydrogen-bond donors (Lipinski definition) is 2. The van der Waals surface area contributed by atoms with E-state index in [-0.39, 0.29) is 17.2 Å². The maximum Gasteiger partial charge on any atom is 0.235 e. The molecule has 2 aromatic carbocycles. The first kappa shape index (κ1) is 17.2. The number of benzene rings is 2. The van der Waals surface area contributed by atoms with E-state index in [0.717, 1.165) is 28.6 Å². The van der Waals surface area contributed by atoms with Crippen LogP contribution in [-0.4, -0.2) is 16.1 Å². The van der Waals surface area contributed by atoms with Crippen molar-refractivity contribution in [3.05, 3.63) is 59.8 Å². The minimum Gasteiger partial charge on any atom is -0.325 e. The maximum atomic E-state index is 12.5. The van der Waals surface area contributed by atoms with Crippen molar-refractivity contribution in [2.24, 2.45) is 0 Å². The summed E-state index contributed by atoms with van der Waals surface area (Å²) in [5, 5.41) is 11.2. The summed E-state index contributed by atoms with van der Waals surface area (Å²) in [5.74, 6) is 0.396. The average molecular weight is 335 g/mol. The summed E-state index contributed by atoms with van der Waals surface area (Å²) in [7, 11) is 0. The molecular formula is C21H25N3O. The Labute approximate surface area is 148 Å². The lowest BCUT2D eigenvalue weighted by atomic mass is 9.92. The summed E-state index contributed by atoms with van der Waals surface area (Å²) in [5.41, 5.74) is 3.99. The van der Waals surface area contributed by atoms with Crippen LogP contribution in [0.3, 0.4) is 0 Å². The zero-order valence-electron chi connectivity index (χ0n) is 15.3. The molecule has 2 N–H and O–H groups in total. The van der Waals surface area contributed by atoms with Crippen LogP contribution in [0, 0.1) is 0 Å². The van der Waals surface area contributed by atoms with Crippen molar-refractivity contribution in [1.82, 2.24) is 10.2 Å². The van der Waals surface area contributed by atoms with Gasteiger partial charge in [-0.15, -0.1) is 0 Å². The Morgan fingerprint density at radius 2 is 1.84 bits per heavy atom. The molecule has 4 nitrogen and oxygen atoms in total. The Morgan fingerprint density at radius 1 is 1.08 bits per heavy atom. The SMILES string of the molecule is CC.CC.O=C1Nc2ccccc2C12CC2c1ccc2cn[nH]c2c1. The summed E-state index contributed by atoms with van der Waals surface area (Å²) in [6, 6.07) is 14.3. The summed E-state index contributed by atoms with van der Waals surface area (Å²) < 4.78 is 0. The number of rotatable bonds is 1. The second-order valence-electron chi connectivity index (χ2n) is 5.94. The van der Waals surface area contributed by atoms with Gasteiger partial charge in [0.1, 0.15) is 0 Å². The minimum atomic E-state index is -0.357. The number of aromatic nitrogens is 2. The van der Waals surface area contributed by atoms with E-state index in [2.05, 4.69) is 39.8 Å². The lowest BCUT2D eigenvalue weighted by Crippen LogP contribution is -2.20. The number of anilines is 1. The molecule has 130 valence electrons. The summed E-state index contributed by atoms with van der Waals surface area (Å²) in [4.78, 5) is 12.5. The lowest BCUT2D eigenvalue weighted by molar-refractivity contribution is -0.118. The van der Waals surface area contributed by atoms with E-state index in [0.29, 0.717) is 0 Å². The highest BCUT2D eigenvalue weighted by molar-refractivity contribution is 6.09. The third-order valence-corrected chi connectivity index (χ3v) is 4.89. The zero-order valence-corrected chi connectivity index (χ0v) is 15.3. The van der Waals surface area contributed by atoms with Gasteiger partial charge in [-0.2, -0.15) is 5.10 Å². The molecule has 1 aliphatic carbocycles. The Balaban J connectivity index is 0.000000428. The number of carbonyl (C=O) groups excluding carboxylic acids is 1. The van der Waals surface area contributed by atoms with Gasteiger partial charge in [-0.1, -0.05) is 58.0 Å². The van der Waals surface area contributed by atoms with Crippen LogP contribution in [0.25, 0.3) is 10.9 Å². The first-order chi connectivity index (χ1) is 12.3. The molecule has 1 aliphatic heterocycles. The van der Waals surface area contributed by atoms with Crippen molar-refractivity contribution >= 4 is 22.5 Å². The van der Waals surface area contributed by atoms with Crippen LogP contribution in [0.15, 0.2) is 48.7 Å². The van der Waals surface area contributed by atoms with Crippen molar-refractivity contribution < 1.29 is 4.79 Å². The topological polar surface area (TPSA) is 57.8 Å². The van der Waals surface area contributed by atoms with E-state index in [9.17, 15) is 4.79 Å². The van der Waals surface area contributed by atoms with Crippen molar-refractivity contribution in [3.8, 4) is 0 Å². The summed E-state index contributed by atoms with van der Waals surface area (Å²) >= 11 is 0. The maximum absolute atomic E-state index is 12.5. The monoisotopic (exact) mass is 335 g/mol. The molecule has 0 saturated heterocycles. The van der Waals surface area contributed by atoms with Gasteiger partial charge in [0.2, 0.25) is 5.91 Å². The first-order valence-electron chi connectivity index (χ1n) is 9.13. The van der Waals surface area contributed by atoms with Crippen molar-refractivity contribution in [1.29, 1.82) is 0 Å². The molecule has 1 amide bonds. The predicted molar refractivity (Wildman–Crippen MR) is 103 cm³/mol. The second-order valence-corrected chi connectivity index (χ2v) is 5.94. The fourth-order valence-electron chi connectivity index (χ4n) is 3.72. The van der Waals surface area contributed by atoms with E-state index in [1.807, 2.05) is 52.1 Å². The van der Waals surface area contributed by atoms with Gasteiger partial charge in [-0.3, -0.25) is 9.89 Å². The number of carbonyl (C=O) groups is 1. The molecular weight excluding hydrogens is 310 g/mol. The Morgan fingerprint density at radius 3 is 2.64 bits per heavy atom. The van der Waals surface area contributed by atoms with Crippen LogP contribution in [0.2, 0.25) is 0 Å². The molecule has 1 spiro atoms. The molecule has 2 heterocycles. The van der Waals surface area contributed by atoms with Crippen LogP contribution < -0.4 is 5.32 Å². The number of nitrogens with one attached hydrogen (secondary N) is 2. The van der Waals surface area contributed by atoms with E-state index >= 15 is 0 Å². The van der Waals surface area contributed by atoms with Crippen LogP contribution in [0.5, 0.6) is 0 Å². The highest BCUT2D eigenvalue weighted by Crippen LogP contribution is 2.64. The van der Waals surface area contributed by atoms with E-state index in [4.69, 9.17) is 0 Å². The number of hydrogen-bond acceptors (Lipinski definition) is 2. The third kappa shape index (κ3) is 2.53. The molecule has 1 fully saturated rings. The fourth-order valence-corrected chi connectivity index (χ4v) is 3.72. The zero-order chi connectivity index (χ0) is 18.0. The fraction of sp³-hybridized carbons (Fsp3) is 0.333. The van der Waals surface area contributed by atoms with Gasteiger partial charge < -0.3 is 5.32 Å². The van der Waals surface area contributed by atoms with Crippen LogP contribution in [0.4, 0.5) is 5.69 Å². The van der Waals surface area contributed by atoms with Crippen LogP contribution >= 0.6 is 0 Å². The van der Waals surface area contributed by atoms with Crippen molar-refractivity contribution in [2.75, 3.05) is 5.32 Å². The van der Waals surface area contributed by atoms with Gasteiger partial charge >= 0.3 is 0 Å². The Bertz CT molecular complexity index is 899. The molecule has 25 heavy (non-hydrogen) atoms. The summed E-state index contributed by atoms with van der Waals surface area (Å²) in [6.07, 6.45) is 2.70. The van der Waals surface area contributed by atoms with Crippen molar-refractivity contribution in [3.63, 3.8) is 0 Å². The highest BCUT2D eigenvalue weighted by atomic mass is 16.2. The number of aromatic amines is 1. The molecule has 1 aromatic heterocycles. The number of H-pyrrole nitrogens is 1. The molecule has 1 saturated carbocycles. The molecule has 2 atom stereocenters. The minimum absolute atomic E-state index is 0.137. The van der Waals surface area contributed by atoms with Gasteiger partial charge in [0, 0.05) is 17.0 Å². The molecule has 5 rings (SSSR count). The average Bonchev–Trinajstić information content (AvgIpc) is 3.14. The number of nitrogens with zero attached hydrogens (tertiary/aromatic N) is 1. The summed E-state index contributed by atoms with van der Waals surface area (Å²) in [6.45, 7) is 8.00. The second kappa shape index (κ2) is 6.71. The molecule has 4 heteroatoms. The standard InChI is InChI=1S/C17H13N3O.2C2H6/c21-16-17(12-3-1-2-4-14(12)19-16)8-13(17)10-5-6-11-9-18-20-15(11)7-10;2*1-2/h1-7,9,13H,8H2,(H,18,20)(H,19,21);2*1-2H3. The van der Waals surface area contributed by atoms with E-state index < -0.39 is 0 Å². The van der Waals surface area contributed by atoms with E-state index in [1.54, 1.807) is 0 Å². The molecule has 2 aliphatic rings. The van der Waals surface area contributed by atoms with Crippen molar-refractivity contribution in [2.45, 2.75) is 45.4 Å². The van der Waals surface area contributed by atoms with Gasteiger partial charge in [0.05, 0.1) is 17.1 Å². The molecule has 3 aromatic rings. The molecule has 0 radical (unpaired) electrons. The first-order valence-corrected chi connectivity index (χ1v) is 9.13. The van der Waals surface area contributed by atoms with E-state index in [1.165, 1.54) is 5.56 Å².